The molecule has 0 aromatic carbocycles. The first-order chi connectivity index (χ1) is 15.0. The zero-order valence-corrected chi connectivity index (χ0v) is 20.2. The molecule has 0 radical (unpaired) electrons. The van der Waals surface area contributed by atoms with E-state index < -0.39 is 11.9 Å². The lowest BCUT2D eigenvalue weighted by Gasteiger charge is -2.61. The molecule has 0 bridgehead atoms. The monoisotopic (exact) mass is 448 g/mol. The summed E-state index contributed by atoms with van der Waals surface area (Å²) in [5.41, 5.74) is 0.112. The van der Waals surface area contributed by atoms with Gasteiger partial charge in [0.25, 0.3) is 0 Å². The number of hydrogen-bond acceptors (Lipinski definition) is 4. The topological polar surface area (TPSA) is 98.0 Å². The molecule has 4 aliphatic rings. The molecule has 4 N–H and O–H groups in total. The number of allylic oxidation sites excluding steroid dienone is 2. The molecule has 0 amide bonds. The summed E-state index contributed by atoms with van der Waals surface area (Å²) in [5.74, 6) is 0.988. The number of hydrogen-bond donors (Lipinski definition) is 4. The largest absolute Gasteiger partial charge is 0.481 e. The molecule has 0 heterocycles. The zero-order chi connectivity index (χ0) is 23.4. The summed E-state index contributed by atoms with van der Waals surface area (Å²) in [6.07, 6.45) is 9.63. The maximum atomic E-state index is 11.4. The van der Waals surface area contributed by atoms with Gasteiger partial charge in [-0.1, -0.05) is 39.8 Å². The van der Waals surface area contributed by atoms with Crippen molar-refractivity contribution >= 4 is 5.97 Å². The third kappa shape index (κ3) is 4.07. The van der Waals surface area contributed by atoms with E-state index in [2.05, 4.69) is 19.9 Å². The molecule has 4 rings (SSSR count). The van der Waals surface area contributed by atoms with Crippen LogP contribution in [-0.4, -0.2) is 44.7 Å². The molecule has 4 aliphatic carbocycles. The van der Waals surface area contributed by atoms with E-state index >= 15 is 0 Å². The van der Waals surface area contributed by atoms with E-state index in [1.165, 1.54) is 0 Å². The average molecular weight is 449 g/mol. The van der Waals surface area contributed by atoms with Crippen molar-refractivity contribution < 1.29 is 25.2 Å². The summed E-state index contributed by atoms with van der Waals surface area (Å²) in [6.45, 7) is 8.28. The van der Waals surface area contributed by atoms with Gasteiger partial charge in [0.2, 0.25) is 0 Å². The van der Waals surface area contributed by atoms with Crippen LogP contribution < -0.4 is 0 Å². The predicted octanol–water partition coefficient (Wildman–Crippen LogP) is 4.11. The number of carboxylic acid groups (broad SMARTS) is 1. The molecular weight excluding hydrogens is 404 g/mol. The smallest absolute Gasteiger partial charge is 0.306 e. The molecule has 32 heavy (non-hydrogen) atoms. The molecule has 4 saturated carbocycles. The molecule has 4 fully saturated rings. The maximum Gasteiger partial charge on any atom is 0.306 e. The molecule has 0 saturated heterocycles. The molecule has 182 valence electrons. The van der Waals surface area contributed by atoms with E-state index in [0.29, 0.717) is 23.7 Å². The van der Waals surface area contributed by atoms with Gasteiger partial charge in [0.05, 0.1) is 24.2 Å². The summed E-state index contributed by atoms with van der Waals surface area (Å²) in [6, 6.07) is 0. The van der Waals surface area contributed by atoms with Gasteiger partial charge in [-0.05, 0) is 97.7 Å². The van der Waals surface area contributed by atoms with Gasteiger partial charge in [0.1, 0.15) is 0 Å². The number of aliphatic hydroxyl groups excluding tert-OH is 3. The van der Waals surface area contributed by atoms with Crippen LogP contribution in [0.25, 0.3) is 0 Å². The second-order valence-corrected chi connectivity index (χ2v) is 12.1. The van der Waals surface area contributed by atoms with Crippen molar-refractivity contribution in [2.24, 2.45) is 58.7 Å². The summed E-state index contributed by atoms with van der Waals surface area (Å²) in [5, 5.41) is 42.1. The van der Waals surface area contributed by atoms with Crippen LogP contribution in [0.5, 0.6) is 0 Å². The summed E-state index contributed by atoms with van der Waals surface area (Å²) >= 11 is 0. The Morgan fingerprint density at radius 3 is 2.31 bits per heavy atom. The lowest BCUT2D eigenvalue weighted by atomic mass is 9.45. The van der Waals surface area contributed by atoms with Crippen molar-refractivity contribution in [1.82, 2.24) is 0 Å². The SMILES string of the molecule is C[C@H](/C=C/[C@H](C)[C@H]1CC[C@@H]2[C@H]1[C@@H](O)C[C@H]1[C@H]2[C@H](O)C[C@H]2C[C@H](O)CC[C@@]21C)[C@@H](C)C(=O)O. The minimum atomic E-state index is -0.766. The molecule has 13 atom stereocenters. The molecule has 5 nitrogen and oxygen atoms in total. The quantitative estimate of drug-likeness (QED) is 0.475. The number of aliphatic hydroxyl groups is 3. The van der Waals surface area contributed by atoms with Crippen LogP contribution >= 0.6 is 0 Å². The first-order valence-electron chi connectivity index (χ1n) is 13.0. The third-order valence-electron chi connectivity index (χ3n) is 10.6. The minimum Gasteiger partial charge on any atom is -0.481 e. The van der Waals surface area contributed by atoms with Crippen LogP contribution in [0.2, 0.25) is 0 Å². The highest BCUT2D eigenvalue weighted by atomic mass is 16.4. The second kappa shape index (κ2) is 9.03. The van der Waals surface area contributed by atoms with Crippen molar-refractivity contribution in [2.45, 2.75) is 91.0 Å². The maximum absolute atomic E-state index is 11.4. The summed E-state index contributed by atoms with van der Waals surface area (Å²) in [7, 11) is 0. The average Bonchev–Trinajstić information content (AvgIpc) is 3.18. The summed E-state index contributed by atoms with van der Waals surface area (Å²) in [4.78, 5) is 11.3. The van der Waals surface area contributed by atoms with Crippen LogP contribution in [0, 0.1) is 58.7 Å². The molecule has 0 aromatic heterocycles. The lowest BCUT2D eigenvalue weighted by Crippen LogP contribution is -2.59. The Balaban J connectivity index is 1.51. The van der Waals surface area contributed by atoms with E-state index in [1.807, 2.05) is 13.0 Å². The molecule has 5 heteroatoms. The Morgan fingerprint density at radius 1 is 0.938 bits per heavy atom. The van der Waals surface area contributed by atoms with Crippen LogP contribution in [-0.2, 0) is 4.79 Å². The van der Waals surface area contributed by atoms with E-state index in [4.69, 9.17) is 0 Å². The number of rotatable bonds is 5. The minimum absolute atomic E-state index is 0.0217. The highest BCUT2D eigenvalue weighted by molar-refractivity contribution is 5.70. The predicted molar refractivity (Wildman–Crippen MR) is 124 cm³/mol. The summed E-state index contributed by atoms with van der Waals surface area (Å²) < 4.78 is 0. The fourth-order valence-corrected chi connectivity index (χ4v) is 8.44. The van der Waals surface area contributed by atoms with Crippen molar-refractivity contribution in [3.63, 3.8) is 0 Å². The molecule has 0 aromatic rings. The second-order valence-electron chi connectivity index (χ2n) is 12.1. The van der Waals surface area contributed by atoms with Gasteiger partial charge in [-0.3, -0.25) is 4.79 Å². The van der Waals surface area contributed by atoms with Gasteiger partial charge in [0.15, 0.2) is 0 Å². The highest BCUT2D eigenvalue weighted by Crippen LogP contribution is 2.64. The standard InChI is InChI=1S/C27H44O5/c1-14(16(3)26(31)32)5-6-15(2)19-7-8-20-24(19)23(30)13-21-25(20)22(29)12-17-11-18(28)9-10-27(17,21)4/h5-6,14-25,28-30H,7-13H2,1-4H3,(H,31,32)/b6-5+/t14-,15+,16-,17-,18-,19-,20-,21+,22-,23+,24+,25+,27+/m1/s1. The Hall–Kier alpha value is -0.910. The van der Waals surface area contributed by atoms with Crippen LogP contribution in [0.1, 0.15) is 72.6 Å². The van der Waals surface area contributed by atoms with E-state index in [0.717, 1.165) is 44.9 Å². The number of carbonyl (C=O) groups is 1. The van der Waals surface area contributed by atoms with E-state index in [1.54, 1.807) is 6.92 Å². The normalized spacial score (nSPS) is 49.0. The van der Waals surface area contributed by atoms with Crippen molar-refractivity contribution in [3.8, 4) is 0 Å². The van der Waals surface area contributed by atoms with E-state index in [-0.39, 0.29) is 47.4 Å². The number of fused-ring (bicyclic) bond motifs is 5. The first kappa shape index (κ1) is 24.2. The zero-order valence-electron chi connectivity index (χ0n) is 20.2. The Bertz CT molecular complexity index is 721. The molecule has 0 spiro atoms. The van der Waals surface area contributed by atoms with Gasteiger partial charge >= 0.3 is 5.97 Å². The number of aliphatic carboxylic acids is 1. The van der Waals surface area contributed by atoms with Gasteiger partial charge in [0, 0.05) is 0 Å². The first-order valence-corrected chi connectivity index (χ1v) is 13.0. The molecule has 0 aliphatic heterocycles. The number of carboxylic acids is 1. The van der Waals surface area contributed by atoms with Crippen LogP contribution in [0.15, 0.2) is 12.2 Å². The van der Waals surface area contributed by atoms with E-state index in [9.17, 15) is 25.2 Å². The Morgan fingerprint density at radius 2 is 1.62 bits per heavy atom. The Kier molecular flexibility index (Phi) is 6.84. The van der Waals surface area contributed by atoms with Crippen molar-refractivity contribution in [3.05, 3.63) is 12.2 Å². The molecular formula is C27H44O5. The van der Waals surface area contributed by atoms with Gasteiger partial charge in [-0.2, -0.15) is 0 Å². The molecule has 0 unspecified atom stereocenters. The third-order valence-corrected chi connectivity index (χ3v) is 10.6. The van der Waals surface area contributed by atoms with Gasteiger partial charge < -0.3 is 20.4 Å². The van der Waals surface area contributed by atoms with Gasteiger partial charge in [-0.25, -0.2) is 0 Å². The van der Waals surface area contributed by atoms with Crippen LogP contribution in [0.4, 0.5) is 0 Å². The van der Waals surface area contributed by atoms with Crippen molar-refractivity contribution in [1.29, 1.82) is 0 Å². The van der Waals surface area contributed by atoms with Crippen LogP contribution in [0.3, 0.4) is 0 Å². The van der Waals surface area contributed by atoms with Gasteiger partial charge in [-0.15, -0.1) is 0 Å². The fourth-order valence-electron chi connectivity index (χ4n) is 8.44. The lowest BCUT2D eigenvalue weighted by molar-refractivity contribution is -0.181. The Labute approximate surface area is 193 Å². The highest BCUT2D eigenvalue weighted by Gasteiger charge is 2.61. The fraction of sp³-hybridized carbons (Fsp3) is 0.889. The van der Waals surface area contributed by atoms with Crippen molar-refractivity contribution in [2.75, 3.05) is 0 Å².